The fraction of sp³-hybridized carbons (Fsp3) is 1.00. The largest absolute Gasteiger partial charge is 0.316 e. The maximum atomic E-state index is 5.62. The van der Waals surface area contributed by atoms with E-state index >= 15 is 0 Å². The summed E-state index contributed by atoms with van der Waals surface area (Å²) in [4.78, 5) is 0. The summed E-state index contributed by atoms with van der Waals surface area (Å²) < 4.78 is 0. The number of nitrogens with two attached hydrogens (primary N) is 1. The van der Waals surface area contributed by atoms with Gasteiger partial charge in [-0.05, 0) is 19.4 Å². The Labute approximate surface area is 50.4 Å². The van der Waals surface area contributed by atoms with Crippen LogP contribution in [0, 0.1) is 0 Å². The topological polar surface area (TPSA) is 38.0 Å². The smallest absolute Gasteiger partial charge is 0.0546 e. The zero-order valence-corrected chi connectivity index (χ0v) is 5.19. The minimum absolute atomic E-state index is 0.275. The zero-order valence-electron chi connectivity index (χ0n) is 5.19. The Morgan fingerprint density at radius 3 is 3.00 bits per heavy atom. The molecule has 1 saturated heterocycles. The zero-order chi connectivity index (χ0) is 5.82. The SMILES string of the molecule is NC1CCCCCN1. The van der Waals surface area contributed by atoms with Crippen molar-refractivity contribution >= 4 is 0 Å². The van der Waals surface area contributed by atoms with Gasteiger partial charge in [-0.25, -0.2) is 0 Å². The molecule has 1 aliphatic rings. The lowest BCUT2D eigenvalue weighted by Crippen LogP contribution is -2.36. The maximum Gasteiger partial charge on any atom is 0.0546 e. The normalized spacial score (nSPS) is 31.9. The van der Waals surface area contributed by atoms with E-state index in [-0.39, 0.29) is 6.17 Å². The van der Waals surface area contributed by atoms with Crippen LogP contribution in [0.5, 0.6) is 0 Å². The highest BCUT2D eigenvalue weighted by atomic mass is 15.0. The Kier molecular flexibility index (Phi) is 2.30. The van der Waals surface area contributed by atoms with E-state index in [0.29, 0.717) is 0 Å². The van der Waals surface area contributed by atoms with E-state index in [1.807, 2.05) is 0 Å². The molecule has 1 fully saturated rings. The molecule has 1 aliphatic heterocycles. The monoisotopic (exact) mass is 114 g/mol. The van der Waals surface area contributed by atoms with E-state index in [2.05, 4.69) is 5.32 Å². The van der Waals surface area contributed by atoms with E-state index in [0.717, 1.165) is 13.0 Å². The summed E-state index contributed by atoms with van der Waals surface area (Å²) in [6.45, 7) is 1.11. The number of hydrogen-bond acceptors (Lipinski definition) is 2. The predicted octanol–water partition coefficient (Wildman–Crippen LogP) is 0.435. The summed E-state index contributed by atoms with van der Waals surface area (Å²) in [5, 5.41) is 3.22. The lowest BCUT2D eigenvalue weighted by molar-refractivity contribution is 0.528. The number of nitrogens with one attached hydrogen (secondary N) is 1. The van der Waals surface area contributed by atoms with E-state index < -0.39 is 0 Å². The average molecular weight is 114 g/mol. The van der Waals surface area contributed by atoms with Crippen molar-refractivity contribution in [1.82, 2.24) is 5.32 Å². The van der Waals surface area contributed by atoms with Crippen LogP contribution in [0.2, 0.25) is 0 Å². The molecule has 0 aromatic carbocycles. The first-order valence-electron chi connectivity index (χ1n) is 3.38. The highest BCUT2D eigenvalue weighted by molar-refractivity contribution is 4.63. The maximum absolute atomic E-state index is 5.62. The molecule has 0 spiro atoms. The van der Waals surface area contributed by atoms with Crippen molar-refractivity contribution in [2.45, 2.75) is 31.8 Å². The van der Waals surface area contributed by atoms with Crippen LogP contribution in [0.15, 0.2) is 0 Å². The van der Waals surface area contributed by atoms with Crippen LogP contribution in [-0.4, -0.2) is 12.7 Å². The van der Waals surface area contributed by atoms with Crippen molar-refractivity contribution in [2.75, 3.05) is 6.54 Å². The van der Waals surface area contributed by atoms with E-state index in [9.17, 15) is 0 Å². The fourth-order valence-corrected chi connectivity index (χ4v) is 1.06. The van der Waals surface area contributed by atoms with Crippen LogP contribution in [0.25, 0.3) is 0 Å². The van der Waals surface area contributed by atoms with Crippen LogP contribution in [0.1, 0.15) is 25.7 Å². The van der Waals surface area contributed by atoms with Crippen molar-refractivity contribution < 1.29 is 0 Å². The minimum atomic E-state index is 0.275. The molecule has 2 heteroatoms. The Bertz CT molecular complexity index is 55.5. The van der Waals surface area contributed by atoms with Gasteiger partial charge in [-0.15, -0.1) is 0 Å². The second-order valence-corrected chi connectivity index (χ2v) is 2.41. The molecule has 0 aromatic rings. The Hall–Kier alpha value is -0.0800. The Balaban J connectivity index is 2.17. The second kappa shape index (κ2) is 3.05. The van der Waals surface area contributed by atoms with Gasteiger partial charge in [-0.3, -0.25) is 0 Å². The standard InChI is InChI=1S/C6H14N2/c7-6-4-2-1-3-5-8-6/h6,8H,1-5,7H2. The quantitative estimate of drug-likeness (QED) is 0.479. The number of hydrogen-bond donors (Lipinski definition) is 2. The van der Waals surface area contributed by atoms with Crippen molar-refractivity contribution in [1.29, 1.82) is 0 Å². The summed E-state index contributed by atoms with van der Waals surface area (Å²) in [7, 11) is 0. The molecule has 1 unspecified atom stereocenters. The van der Waals surface area contributed by atoms with Gasteiger partial charge in [0.2, 0.25) is 0 Å². The molecule has 0 amide bonds. The molecule has 8 heavy (non-hydrogen) atoms. The van der Waals surface area contributed by atoms with E-state index in [1.54, 1.807) is 0 Å². The van der Waals surface area contributed by atoms with E-state index in [4.69, 9.17) is 5.73 Å². The van der Waals surface area contributed by atoms with Crippen LogP contribution >= 0.6 is 0 Å². The molecular formula is C6H14N2. The Morgan fingerprint density at radius 1 is 1.25 bits per heavy atom. The third-order valence-electron chi connectivity index (χ3n) is 1.60. The van der Waals surface area contributed by atoms with Gasteiger partial charge in [0.25, 0.3) is 0 Å². The molecule has 0 saturated carbocycles. The van der Waals surface area contributed by atoms with Gasteiger partial charge in [0, 0.05) is 0 Å². The summed E-state index contributed by atoms with van der Waals surface area (Å²) in [6.07, 6.45) is 5.38. The van der Waals surface area contributed by atoms with Crippen molar-refractivity contribution in [3.63, 3.8) is 0 Å². The molecule has 0 bridgehead atoms. The molecule has 0 radical (unpaired) electrons. The molecule has 1 rings (SSSR count). The Morgan fingerprint density at radius 2 is 2.12 bits per heavy atom. The van der Waals surface area contributed by atoms with Crippen LogP contribution in [0.3, 0.4) is 0 Å². The van der Waals surface area contributed by atoms with Crippen LogP contribution in [-0.2, 0) is 0 Å². The molecule has 0 aliphatic carbocycles. The third-order valence-corrected chi connectivity index (χ3v) is 1.60. The van der Waals surface area contributed by atoms with Crippen LogP contribution < -0.4 is 11.1 Å². The number of rotatable bonds is 0. The molecule has 1 heterocycles. The lowest BCUT2D eigenvalue weighted by atomic mass is 10.2. The molecule has 1 atom stereocenters. The van der Waals surface area contributed by atoms with Crippen molar-refractivity contribution in [2.24, 2.45) is 5.73 Å². The summed E-state index contributed by atoms with van der Waals surface area (Å²) in [5.74, 6) is 0. The second-order valence-electron chi connectivity index (χ2n) is 2.41. The highest BCUT2D eigenvalue weighted by Gasteiger charge is 2.03. The van der Waals surface area contributed by atoms with Gasteiger partial charge >= 0.3 is 0 Å². The first kappa shape index (κ1) is 6.05. The van der Waals surface area contributed by atoms with Gasteiger partial charge in [-0.2, -0.15) is 0 Å². The molecule has 3 N–H and O–H groups in total. The van der Waals surface area contributed by atoms with Gasteiger partial charge in [0.05, 0.1) is 6.17 Å². The molecule has 0 aromatic heterocycles. The van der Waals surface area contributed by atoms with Crippen molar-refractivity contribution in [3.05, 3.63) is 0 Å². The lowest BCUT2D eigenvalue weighted by Gasteiger charge is -2.06. The summed E-state index contributed by atoms with van der Waals surface area (Å²) in [6, 6.07) is 0. The van der Waals surface area contributed by atoms with Crippen LogP contribution in [0.4, 0.5) is 0 Å². The van der Waals surface area contributed by atoms with Gasteiger partial charge in [0.15, 0.2) is 0 Å². The van der Waals surface area contributed by atoms with Gasteiger partial charge < -0.3 is 11.1 Å². The fourth-order valence-electron chi connectivity index (χ4n) is 1.06. The first-order valence-corrected chi connectivity index (χ1v) is 3.38. The van der Waals surface area contributed by atoms with E-state index in [1.165, 1.54) is 19.3 Å². The van der Waals surface area contributed by atoms with Crippen molar-refractivity contribution in [3.8, 4) is 0 Å². The molecule has 2 nitrogen and oxygen atoms in total. The minimum Gasteiger partial charge on any atom is -0.316 e. The molecule has 48 valence electrons. The predicted molar refractivity (Wildman–Crippen MR) is 34.4 cm³/mol. The van der Waals surface area contributed by atoms with Gasteiger partial charge in [-0.1, -0.05) is 12.8 Å². The van der Waals surface area contributed by atoms with Gasteiger partial charge in [0.1, 0.15) is 0 Å². The average Bonchev–Trinajstić information content (AvgIpc) is 1.94. The summed E-state index contributed by atoms with van der Waals surface area (Å²) >= 11 is 0. The highest BCUT2D eigenvalue weighted by Crippen LogP contribution is 2.03. The molecular weight excluding hydrogens is 100 g/mol. The summed E-state index contributed by atoms with van der Waals surface area (Å²) in [5.41, 5.74) is 5.62. The first-order chi connectivity index (χ1) is 3.89. The third kappa shape index (κ3) is 1.80.